The lowest BCUT2D eigenvalue weighted by molar-refractivity contribution is -0.123. The molecule has 0 spiro atoms. The van der Waals surface area contributed by atoms with Gasteiger partial charge in [-0.25, -0.2) is 4.79 Å². The van der Waals surface area contributed by atoms with E-state index in [-0.39, 0.29) is 18.0 Å². The Kier molecular flexibility index (Phi) is 4.69. The predicted octanol–water partition coefficient (Wildman–Crippen LogP) is 3.49. The minimum absolute atomic E-state index is 0.0163. The Labute approximate surface area is 140 Å². The number of carboxylic acid groups (broad SMARTS) is 1. The molecule has 0 saturated heterocycles. The van der Waals surface area contributed by atoms with Crippen LogP contribution in [0.25, 0.3) is 0 Å². The first-order chi connectivity index (χ1) is 11.5. The van der Waals surface area contributed by atoms with Crippen molar-refractivity contribution in [1.29, 1.82) is 0 Å². The van der Waals surface area contributed by atoms with Crippen LogP contribution in [0.3, 0.4) is 0 Å². The first kappa shape index (κ1) is 16.3. The number of furan rings is 1. The van der Waals surface area contributed by atoms with Crippen molar-refractivity contribution < 1.29 is 19.1 Å². The zero-order valence-corrected chi connectivity index (χ0v) is 13.6. The molecule has 1 fully saturated rings. The Balaban J connectivity index is 1.43. The zero-order chi connectivity index (χ0) is 17.1. The second-order valence-electron chi connectivity index (χ2n) is 6.41. The molecule has 1 saturated carbocycles. The quantitative estimate of drug-likeness (QED) is 0.851. The Hall–Kier alpha value is -2.56. The fraction of sp³-hybridized carbons (Fsp3) is 0.368. The molecule has 1 heterocycles. The maximum Gasteiger partial charge on any atom is 0.339 e. The number of carboxylic acids is 1. The van der Waals surface area contributed by atoms with Crippen molar-refractivity contribution in [3.63, 3.8) is 0 Å². The third-order valence-electron chi connectivity index (χ3n) is 4.64. The van der Waals surface area contributed by atoms with Gasteiger partial charge in [0.1, 0.15) is 17.1 Å². The van der Waals surface area contributed by atoms with E-state index < -0.39 is 5.97 Å². The molecule has 1 aromatic heterocycles. The van der Waals surface area contributed by atoms with Gasteiger partial charge in [0.2, 0.25) is 5.91 Å². The van der Waals surface area contributed by atoms with E-state index in [1.165, 1.54) is 11.6 Å². The smallest absolute Gasteiger partial charge is 0.339 e. The van der Waals surface area contributed by atoms with Crippen LogP contribution in [-0.4, -0.2) is 17.0 Å². The van der Waals surface area contributed by atoms with Crippen LogP contribution >= 0.6 is 0 Å². The first-order valence-electron chi connectivity index (χ1n) is 8.17. The minimum Gasteiger partial charge on any atom is -0.478 e. The highest BCUT2D eigenvalue weighted by atomic mass is 16.4. The van der Waals surface area contributed by atoms with Gasteiger partial charge < -0.3 is 14.8 Å². The van der Waals surface area contributed by atoms with Crippen molar-refractivity contribution in [2.75, 3.05) is 0 Å². The van der Waals surface area contributed by atoms with Crippen LogP contribution in [0.4, 0.5) is 0 Å². The summed E-state index contributed by atoms with van der Waals surface area (Å²) in [5.41, 5.74) is 1.49. The van der Waals surface area contributed by atoms with Gasteiger partial charge in [-0.3, -0.25) is 4.79 Å². The van der Waals surface area contributed by atoms with Crippen molar-refractivity contribution in [3.8, 4) is 0 Å². The molecule has 2 N–H and O–H groups in total. The van der Waals surface area contributed by atoms with Crippen LogP contribution in [-0.2, 0) is 11.3 Å². The SMILES string of the molecule is Cc1oc(CNC(=O)CC2CC(c3ccccc3)C2)cc1C(=O)O. The minimum atomic E-state index is -1.02. The number of carbonyl (C=O) groups excluding carboxylic acids is 1. The number of hydrogen-bond donors (Lipinski definition) is 2. The van der Waals surface area contributed by atoms with Crippen LogP contribution in [0.15, 0.2) is 40.8 Å². The van der Waals surface area contributed by atoms with Crippen LogP contribution in [0.1, 0.15) is 52.6 Å². The topological polar surface area (TPSA) is 79.5 Å². The number of amides is 1. The first-order valence-corrected chi connectivity index (χ1v) is 8.17. The molecule has 5 nitrogen and oxygen atoms in total. The lowest BCUT2D eigenvalue weighted by atomic mass is 9.70. The van der Waals surface area contributed by atoms with E-state index in [0.717, 1.165) is 12.8 Å². The van der Waals surface area contributed by atoms with Crippen molar-refractivity contribution in [1.82, 2.24) is 5.32 Å². The van der Waals surface area contributed by atoms with Crippen LogP contribution in [0.2, 0.25) is 0 Å². The molecule has 126 valence electrons. The van der Waals surface area contributed by atoms with Gasteiger partial charge in [-0.05, 0) is 43.2 Å². The normalized spacial score (nSPS) is 19.5. The van der Waals surface area contributed by atoms with Crippen molar-refractivity contribution in [3.05, 3.63) is 59.0 Å². The van der Waals surface area contributed by atoms with E-state index in [2.05, 4.69) is 17.4 Å². The van der Waals surface area contributed by atoms with E-state index in [9.17, 15) is 9.59 Å². The van der Waals surface area contributed by atoms with Gasteiger partial charge in [0.05, 0.1) is 6.54 Å². The molecule has 1 aliphatic rings. The fourth-order valence-corrected chi connectivity index (χ4v) is 3.26. The molecule has 1 amide bonds. The number of rotatable bonds is 6. The average molecular weight is 327 g/mol. The van der Waals surface area contributed by atoms with E-state index in [0.29, 0.717) is 29.8 Å². The molecular weight excluding hydrogens is 306 g/mol. The summed E-state index contributed by atoms with van der Waals surface area (Å²) in [5, 5.41) is 11.8. The van der Waals surface area contributed by atoms with Gasteiger partial charge >= 0.3 is 5.97 Å². The molecule has 0 atom stereocenters. The third kappa shape index (κ3) is 3.67. The van der Waals surface area contributed by atoms with E-state index in [1.54, 1.807) is 6.92 Å². The standard InChI is InChI=1S/C19H21NO4/c1-12-17(19(22)23)10-16(24-12)11-20-18(21)9-13-7-15(8-13)14-5-3-2-4-6-14/h2-6,10,13,15H,7-9,11H2,1H3,(H,20,21)(H,22,23). The van der Waals surface area contributed by atoms with Crippen LogP contribution in [0.5, 0.6) is 0 Å². The number of aryl methyl sites for hydroxylation is 1. The largest absolute Gasteiger partial charge is 0.478 e. The maximum atomic E-state index is 12.0. The summed E-state index contributed by atoms with van der Waals surface area (Å²) in [4.78, 5) is 23.0. The number of carbonyl (C=O) groups is 2. The number of nitrogens with one attached hydrogen (secondary N) is 1. The summed E-state index contributed by atoms with van der Waals surface area (Å²) in [6, 6.07) is 11.9. The second kappa shape index (κ2) is 6.91. The summed E-state index contributed by atoms with van der Waals surface area (Å²) in [6.45, 7) is 1.83. The number of benzene rings is 1. The molecule has 2 aromatic rings. The highest BCUT2D eigenvalue weighted by Gasteiger charge is 2.31. The van der Waals surface area contributed by atoms with Crippen molar-refractivity contribution in [2.24, 2.45) is 5.92 Å². The fourth-order valence-electron chi connectivity index (χ4n) is 3.26. The summed E-state index contributed by atoms with van der Waals surface area (Å²) < 4.78 is 5.35. The van der Waals surface area contributed by atoms with Crippen LogP contribution in [0, 0.1) is 12.8 Å². The molecule has 1 aliphatic carbocycles. The summed E-state index contributed by atoms with van der Waals surface area (Å²) in [6.07, 6.45) is 2.59. The van der Waals surface area contributed by atoms with E-state index in [4.69, 9.17) is 9.52 Å². The molecule has 0 unspecified atom stereocenters. The third-order valence-corrected chi connectivity index (χ3v) is 4.64. The monoisotopic (exact) mass is 327 g/mol. The highest BCUT2D eigenvalue weighted by molar-refractivity contribution is 5.88. The van der Waals surface area contributed by atoms with Crippen LogP contribution < -0.4 is 5.32 Å². The lowest BCUT2D eigenvalue weighted by Gasteiger charge is -2.35. The highest BCUT2D eigenvalue weighted by Crippen LogP contribution is 2.43. The van der Waals surface area contributed by atoms with Gasteiger partial charge in [-0.2, -0.15) is 0 Å². The molecule has 5 heteroatoms. The summed E-state index contributed by atoms with van der Waals surface area (Å²) in [7, 11) is 0. The molecule has 0 radical (unpaired) electrons. The average Bonchev–Trinajstić information content (AvgIpc) is 2.90. The Morgan fingerprint density at radius 2 is 1.96 bits per heavy atom. The number of hydrogen-bond acceptors (Lipinski definition) is 3. The Morgan fingerprint density at radius 1 is 1.25 bits per heavy atom. The van der Waals surface area contributed by atoms with Gasteiger partial charge in [-0.1, -0.05) is 30.3 Å². The van der Waals surface area contributed by atoms with Crippen molar-refractivity contribution >= 4 is 11.9 Å². The Bertz CT molecular complexity index is 729. The molecular formula is C19H21NO4. The van der Waals surface area contributed by atoms with E-state index in [1.807, 2.05) is 18.2 Å². The second-order valence-corrected chi connectivity index (χ2v) is 6.41. The summed E-state index contributed by atoms with van der Waals surface area (Å²) >= 11 is 0. The summed E-state index contributed by atoms with van der Waals surface area (Å²) in [5.74, 6) is 0.774. The molecule has 1 aromatic carbocycles. The van der Waals surface area contributed by atoms with Crippen molar-refractivity contribution in [2.45, 2.75) is 38.6 Å². The molecule has 0 bridgehead atoms. The molecule has 0 aliphatic heterocycles. The van der Waals surface area contributed by atoms with Gasteiger partial charge in [-0.15, -0.1) is 0 Å². The van der Waals surface area contributed by atoms with Gasteiger partial charge in [0.25, 0.3) is 0 Å². The predicted molar refractivity (Wildman–Crippen MR) is 88.8 cm³/mol. The molecule has 3 rings (SSSR count). The zero-order valence-electron chi connectivity index (χ0n) is 13.6. The van der Waals surface area contributed by atoms with E-state index >= 15 is 0 Å². The lowest BCUT2D eigenvalue weighted by Crippen LogP contribution is -2.30. The van der Waals surface area contributed by atoms with Gasteiger partial charge in [0.15, 0.2) is 0 Å². The molecule has 24 heavy (non-hydrogen) atoms. The maximum absolute atomic E-state index is 12.0. The number of aromatic carboxylic acids is 1. The van der Waals surface area contributed by atoms with Gasteiger partial charge in [0, 0.05) is 6.42 Å². The Morgan fingerprint density at radius 3 is 2.58 bits per heavy atom.